The summed E-state index contributed by atoms with van der Waals surface area (Å²) in [5.74, 6) is 0.863. The number of nitrogens with one attached hydrogen (secondary N) is 1. The first-order chi connectivity index (χ1) is 16.4. The molecule has 0 saturated carbocycles. The van der Waals surface area contributed by atoms with Gasteiger partial charge in [0.2, 0.25) is 16.1 Å². The van der Waals surface area contributed by atoms with E-state index in [9.17, 15) is 13.2 Å². The summed E-state index contributed by atoms with van der Waals surface area (Å²) in [6.07, 6.45) is 2.11. The first-order valence-corrected chi connectivity index (χ1v) is 12.5. The summed E-state index contributed by atoms with van der Waals surface area (Å²) in [7, 11) is -3.61. The number of amides is 1. The molecule has 1 N–H and O–H groups in total. The van der Waals surface area contributed by atoms with Gasteiger partial charge in [0.15, 0.2) is 11.5 Å². The minimum Gasteiger partial charge on any atom is -0.485 e. The first kappa shape index (κ1) is 22.4. The zero-order valence-electron chi connectivity index (χ0n) is 18.5. The number of hydrogen-bond acceptors (Lipinski definition) is 8. The van der Waals surface area contributed by atoms with E-state index in [0.717, 1.165) is 19.3 Å². The number of fused-ring (bicyclic) bond motifs is 1. The maximum absolute atomic E-state index is 13.0. The van der Waals surface area contributed by atoms with Gasteiger partial charge >= 0.3 is 6.01 Å². The smallest absolute Gasteiger partial charge is 0.322 e. The maximum atomic E-state index is 13.0. The second kappa shape index (κ2) is 9.07. The third-order valence-electron chi connectivity index (χ3n) is 5.91. The number of nitrogens with zero attached hydrogens (tertiary/aromatic N) is 3. The Morgan fingerprint density at radius 1 is 1.06 bits per heavy atom. The molecule has 2 aromatic carbocycles. The lowest BCUT2D eigenvalue weighted by atomic mass is 10.1. The summed E-state index contributed by atoms with van der Waals surface area (Å²) in [6, 6.07) is 12.9. The van der Waals surface area contributed by atoms with Gasteiger partial charge in [-0.3, -0.25) is 10.1 Å². The van der Waals surface area contributed by atoms with Crippen molar-refractivity contribution < 1.29 is 27.1 Å². The number of aromatic nitrogens is 2. The summed E-state index contributed by atoms with van der Waals surface area (Å²) < 4.78 is 44.5. The minimum absolute atomic E-state index is 0.0412. The van der Waals surface area contributed by atoms with E-state index in [1.807, 2.05) is 19.1 Å². The molecule has 1 aromatic heterocycles. The van der Waals surface area contributed by atoms with Crippen molar-refractivity contribution in [3.05, 3.63) is 60.0 Å². The largest absolute Gasteiger partial charge is 0.485 e. The quantitative estimate of drug-likeness (QED) is 0.584. The molecule has 10 nitrogen and oxygen atoms in total. The topological polar surface area (TPSA) is 124 Å². The number of benzene rings is 2. The molecule has 0 radical (unpaired) electrons. The molecule has 178 valence electrons. The molecule has 0 spiro atoms. The second-order valence-electron chi connectivity index (χ2n) is 8.25. The van der Waals surface area contributed by atoms with Crippen LogP contribution >= 0.6 is 0 Å². The van der Waals surface area contributed by atoms with E-state index in [0.29, 0.717) is 18.0 Å². The van der Waals surface area contributed by atoms with Gasteiger partial charge in [0.25, 0.3) is 11.8 Å². The number of anilines is 1. The van der Waals surface area contributed by atoms with Crippen molar-refractivity contribution >= 4 is 21.9 Å². The molecule has 3 aromatic rings. The normalized spacial score (nSPS) is 20.6. The summed E-state index contributed by atoms with van der Waals surface area (Å²) in [6.45, 7) is 2.62. The maximum Gasteiger partial charge on any atom is 0.322 e. The fourth-order valence-corrected chi connectivity index (χ4v) is 5.77. The van der Waals surface area contributed by atoms with Gasteiger partial charge in [-0.25, -0.2) is 8.42 Å². The van der Waals surface area contributed by atoms with Crippen LogP contribution in [0.3, 0.4) is 0 Å². The molecule has 1 fully saturated rings. The summed E-state index contributed by atoms with van der Waals surface area (Å²) in [5.41, 5.74) is 0.261. The van der Waals surface area contributed by atoms with E-state index in [1.54, 1.807) is 12.1 Å². The molecular formula is C23H24N4O6S. The lowest BCUT2D eigenvalue weighted by Crippen LogP contribution is -2.41. The standard InChI is InChI=1S/C23H24N4O6S/c1-15-6-4-5-13-27(15)34(29,30)17-11-9-16(10-12-17)21(28)24-23-26-25-22(33-23)20-14-31-18-7-2-3-8-19(18)32-20/h2-3,7-12,15,20H,4-6,13-14H2,1H3,(H,24,26,28)/t15-,20+/m1/s1. The van der Waals surface area contributed by atoms with Crippen molar-refractivity contribution in [1.29, 1.82) is 0 Å². The first-order valence-electron chi connectivity index (χ1n) is 11.1. The van der Waals surface area contributed by atoms with Crippen LogP contribution in [0.4, 0.5) is 6.01 Å². The predicted octanol–water partition coefficient (Wildman–Crippen LogP) is 3.40. The van der Waals surface area contributed by atoms with Crippen molar-refractivity contribution in [3.63, 3.8) is 0 Å². The van der Waals surface area contributed by atoms with Crippen LogP contribution in [-0.4, -0.2) is 48.0 Å². The Morgan fingerprint density at radius 2 is 1.82 bits per heavy atom. The fourth-order valence-electron chi connectivity index (χ4n) is 4.07. The van der Waals surface area contributed by atoms with Gasteiger partial charge in [-0.2, -0.15) is 4.31 Å². The Bertz CT molecular complexity index is 1290. The van der Waals surface area contributed by atoms with Crippen molar-refractivity contribution in [2.45, 2.75) is 43.2 Å². The number of carbonyl (C=O) groups is 1. The molecule has 34 heavy (non-hydrogen) atoms. The zero-order valence-corrected chi connectivity index (χ0v) is 19.3. The lowest BCUT2D eigenvalue weighted by molar-refractivity contribution is 0.0716. The van der Waals surface area contributed by atoms with Crippen molar-refractivity contribution in [2.75, 3.05) is 18.5 Å². The number of hydrogen-bond donors (Lipinski definition) is 1. The van der Waals surface area contributed by atoms with Gasteiger partial charge in [-0.1, -0.05) is 23.7 Å². The molecule has 5 rings (SSSR count). The Balaban J connectivity index is 1.24. The number of para-hydroxylation sites is 2. The average Bonchev–Trinajstić information content (AvgIpc) is 3.32. The van der Waals surface area contributed by atoms with Gasteiger partial charge in [0, 0.05) is 18.2 Å². The van der Waals surface area contributed by atoms with Crippen LogP contribution in [0.25, 0.3) is 0 Å². The number of rotatable bonds is 5. The van der Waals surface area contributed by atoms with Gasteiger partial charge in [0.1, 0.15) is 6.61 Å². The molecule has 3 heterocycles. The molecule has 11 heteroatoms. The van der Waals surface area contributed by atoms with Gasteiger partial charge in [-0.15, -0.1) is 5.10 Å². The van der Waals surface area contributed by atoms with Crippen LogP contribution in [0, 0.1) is 0 Å². The van der Waals surface area contributed by atoms with Gasteiger partial charge < -0.3 is 13.9 Å². The third kappa shape index (κ3) is 4.36. The predicted molar refractivity (Wildman–Crippen MR) is 121 cm³/mol. The molecule has 2 aliphatic rings. The summed E-state index contributed by atoms with van der Waals surface area (Å²) in [5, 5.41) is 10.3. The van der Waals surface area contributed by atoms with Crippen LogP contribution in [0.1, 0.15) is 48.5 Å². The Morgan fingerprint density at radius 3 is 2.59 bits per heavy atom. The second-order valence-corrected chi connectivity index (χ2v) is 10.1. The van der Waals surface area contributed by atoms with Crippen LogP contribution in [0.2, 0.25) is 0 Å². The van der Waals surface area contributed by atoms with Gasteiger partial charge in [-0.05, 0) is 56.2 Å². The van der Waals surface area contributed by atoms with E-state index in [4.69, 9.17) is 13.9 Å². The molecule has 0 aliphatic carbocycles. The molecule has 0 unspecified atom stereocenters. The Labute approximate surface area is 196 Å². The molecule has 1 saturated heterocycles. The van der Waals surface area contributed by atoms with Crippen molar-refractivity contribution in [3.8, 4) is 11.5 Å². The Kier molecular flexibility index (Phi) is 5.96. The molecule has 2 aliphatic heterocycles. The highest BCUT2D eigenvalue weighted by Gasteiger charge is 2.31. The SMILES string of the molecule is C[C@@H]1CCCCN1S(=O)(=O)c1ccc(C(=O)Nc2nnc([C@@H]3COc4ccccc4O3)o2)cc1. The van der Waals surface area contributed by atoms with Gasteiger partial charge in [0.05, 0.1) is 4.90 Å². The molecular weight excluding hydrogens is 460 g/mol. The van der Waals surface area contributed by atoms with Crippen LogP contribution in [0.15, 0.2) is 57.8 Å². The van der Waals surface area contributed by atoms with Crippen molar-refractivity contribution in [1.82, 2.24) is 14.5 Å². The van der Waals surface area contributed by atoms with Crippen LogP contribution in [0.5, 0.6) is 11.5 Å². The van der Waals surface area contributed by atoms with E-state index >= 15 is 0 Å². The summed E-state index contributed by atoms with van der Waals surface area (Å²) >= 11 is 0. The molecule has 0 bridgehead atoms. The van der Waals surface area contributed by atoms with Crippen LogP contribution < -0.4 is 14.8 Å². The minimum atomic E-state index is -3.61. The Hall–Kier alpha value is -3.44. The highest BCUT2D eigenvalue weighted by atomic mass is 32.2. The number of sulfonamides is 1. The zero-order chi connectivity index (χ0) is 23.7. The van der Waals surface area contributed by atoms with E-state index in [-0.39, 0.29) is 35.0 Å². The van der Waals surface area contributed by atoms with E-state index in [1.165, 1.54) is 28.6 Å². The lowest BCUT2D eigenvalue weighted by Gasteiger charge is -2.32. The number of carbonyl (C=O) groups excluding carboxylic acids is 1. The number of piperidine rings is 1. The third-order valence-corrected chi connectivity index (χ3v) is 7.94. The van der Waals surface area contributed by atoms with E-state index in [2.05, 4.69) is 15.5 Å². The fraction of sp³-hybridized carbons (Fsp3) is 0.348. The average molecular weight is 485 g/mol. The van der Waals surface area contributed by atoms with Crippen LogP contribution in [-0.2, 0) is 10.0 Å². The monoisotopic (exact) mass is 484 g/mol. The highest BCUT2D eigenvalue weighted by Crippen LogP contribution is 2.35. The molecule has 1 amide bonds. The highest BCUT2D eigenvalue weighted by molar-refractivity contribution is 7.89. The van der Waals surface area contributed by atoms with E-state index < -0.39 is 22.0 Å². The van der Waals surface area contributed by atoms with Crippen molar-refractivity contribution in [2.24, 2.45) is 0 Å². The summed E-state index contributed by atoms with van der Waals surface area (Å²) in [4.78, 5) is 12.8. The number of ether oxygens (including phenoxy) is 2. The molecule has 2 atom stereocenters.